The van der Waals surface area contributed by atoms with E-state index in [0.29, 0.717) is 19.5 Å². The molecule has 2 N–H and O–H groups in total. The van der Waals surface area contributed by atoms with E-state index in [-0.39, 0.29) is 17.2 Å². The van der Waals surface area contributed by atoms with E-state index in [9.17, 15) is 13.2 Å². The highest BCUT2D eigenvalue weighted by atomic mass is 32.2. The maximum atomic E-state index is 11.6. The number of hydrogen-bond donors (Lipinski definition) is 2. The first-order valence-corrected chi connectivity index (χ1v) is 8.59. The largest absolute Gasteiger partial charge is 0.356 e. The van der Waals surface area contributed by atoms with Crippen molar-refractivity contribution < 1.29 is 13.2 Å². The van der Waals surface area contributed by atoms with Gasteiger partial charge in [0.25, 0.3) is 0 Å². The van der Waals surface area contributed by atoms with Crippen LogP contribution in [0.3, 0.4) is 0 Å². The Balaban J connectivity index is 2.29. The van der Waals surface area contributed by atoms with E-state index in [0.717, 1.165) is 25.7 Å². The summed E-state index contributed by atoms with van der Waals surface area (Å²) < 4.78 is 23.1. The maximum absolute atomic E-state index is 11.6. The summed E-state index contributed by atoms with van der Waals surface area (Å²) >= 11 is 0. The lowest BCUT2D eigenvalue weighted by atomic mass is 10.2. The molecule has 1 aliphatic rings. The molecule has 0 saturated heterocycles. The first-order chi connectivity index (χ1) is 8.45. The van der Waals surface area contributed by atoms with Crippen LogP contribution in [0.4, 0.5) is 0 Å². The minimum absolute atomic E-state index is 0.0129. The van der Waals surface area contributed by atoms with Gasteiger partial charge in [-0.15, -0.1) is 0 Å². The second kappa shape index (κ2) is 7.09. The topological polar surface area (TPSA) is 75.3 Å². The van der Waals surface area contributed by atoms with Crippen LogP contribution in [0.2, 0.25) is 0 Å². The Morgan fingerprint density at radius 3 is 2.61 bits per heavy atom. The van der Waals surface area contributed by atoms with Crippen LogP contribution >= 0.6 is 0 Å². The average molecular weight is 276 g/mol. The predicted molar refractivity (Wildman–Crippen MR) is 72.2 cm³/mol. The van der Waals surface area contributed by atoms with Crippen LogP contribution in [0.25, 0.3) is 0 Å². The number of sulfone groups is 1. The molecule has 1 amide bonds. The molecule has 0 radical (unpaired) electrons. The molecule has 5 nitrogen and oxygen atoms in total. The van der Waals surface area contributed by atoms with Crippen molar-refractivity contribution in [1.29, 1.82) is 0 Å². The number of rotatable bonds is 7. The van der Waals surface area contributed by atoms with Crippen molar-refractivity contribution >= 4 is 15.7 Å². The molecular weight excluding hydrogens is 252 g/mol. The summed E-state index contributed by atoms with van der Waals surface area (Å²) in [7, 11) is -2.98. The third-order valence-corrected chi connectivity index (χ3v) is 5.00. The Kier molecular flexibility index (Phi) is 6.08. The van der Waals surface area contributed by atoms with E-state index in [1.165, 1.54) is 6.26 Å². The number of hydrogen-bond acceptors (Lipinski definition) is 4. The molecule has 2 unspecified atom stereocenters. The molecule has 1 saturated carbocycles. The van der Waals surface area contributed by atoms with Crippen LogP contribution in [-0.2, 0) is 14.6 Å². The first-order valence-electron chi connectivity index (χ1n) is 6.64. The van der Waals surface area contributed by atoms with Gasteiger partial charge in [-0.25, -0.2) is 8.42 Å². The predicted octanol–water partition coefficient (Wildman–Crippen LogP) is 0.458. The number of nitrogens with one attached hydrogen (secondary N) is 2. The summed E-state index contributed by atoms with van der Waals surface area (Å²) in [6, 6.07) is 0.0129. The third kappa shape index (κ3) is 4.94. The molecule has 0 aliphatic heterocycles. The summed E-state index contributed by atoms with van der Waals surface area (Å²) in [6.45, 7) is 3.26. The van der Waals surface area contributed by atoms with Crippen molar-refractivity contribution in [1.82, 2.24) is 10.6 Å². The van der Waals surface area contributed by atoms with Crippen LogP contribution in [0, 0.1) is 0 Å². The van der Waals surface area contributed by atoms with Gasteiger partial charge in [0.15, 0.2) is 9.84 Å². The van der Waals surface area contributed by atoms with E-state index >= 15 is 0 Å². The van der Waals surface area contributed by atoms with Gasteiger partial charge in [0.1, 0.15) is 0 Å². The molecule has 0 aromatic heterocycles. The van der Waals surface area contributed by atoms with E-state index in [1.54, 1.807) is 0 Å². The third-order valence-electron chi connectivity index (χ3n) is 3.33. The van der Waals surface area contributed by atoms with Crippen molar-refractivity contribution in [3.05, 3.63) is 0 Å². The number of amides is 1. The molecule has 106 valence electrons. The Hall–Kier alpha value is -0.620. The van der Waals surface area contributed by atoms with Gasteiger partial charge in [0.05, 0.1) is 5.25 Å². The quantitative estimate of drug-likeness (QED) is 0.708. The van der Waals surface area contributed by atoms with Gasteiger partial charge in [0, 0.05) is 31.8 Å². The molecular formula is C12H24N2O3S. The van der Waals surface area contributed by atoms with E-state index in [4.69, 9.17) is 0 Å². The molecule has 18 heavy (non-hydrogen) atoms. The summed E-state index contributed by atoms with van der Waals surface area (Å²) in [6.07, 6.45) is 5.20. The molecule has 1 aliphatic carbocycles. The van der Waals surface area contributed by atoms with E-state index < -0.39 is 9.84 Å². The molecule has 0 heterocycles. The zero-order valence-corrected chi connectivity index (χ0v) is 12.1. The normalized spacial score (nSPS) is 24.1. The highest BCUT2D eigenvalue weighted by molar-refractivity contribution is 7.91. The monoisotopic (exact) mass is 276 g/mol. The van der Waals surface area contributed by atoms with Crippen LogP contribution in [0.5, 0.6) is 0 Å². The lowest BCUT2D eigenvalue weighted by Gasteiger charge is -2.19. The molecule has 0 aromatic carbocycles. The highest BCUT2D eigenvalue weighted by Gasteiger charge is 2.34. The lowest BCUT2D eigenvalue weighted by molar-refractivity contribution is -0.121. The summed E-state index contributed by atoms with van der Waals surface area (Å²) in [4.78, 5) is 11.4. The minimum Gasteiger partial charge on any atom is -0.356 e. The summed E-state index contributed by atoms with van der Waals surface area (Å²) in [5.41, 5.74) is 0. The smallest absolute Gasteiger partial charge is 0.221 e. The zero-order valence-electron chi connectivity index (χ0n) is 11.2. The van der Waals surface area contributed by atoms with Gasteiger partial charge in [-0.1, -0.05) is 13.3 Å². The van der Waals surface area contributed by atoms with Gasteiger partial charge in [-0.05, 0) is 19.3 Å². The molecule has 0 bridgehead atoms. The van der Waals surface area contributed by atoms with Gasteiger partial charge in [-0.3, -0.25) is 4.79 Å². The van der Waals surface area contributed by atoms with Crippen LogP contribution in [0.1, 0.15) is 39.0 Å². The van der Waals surface area contributed by atoms with Crippen molar-refractivity contribution in [3.8, 4) is 0 Å². The summed E-state index contributed by atoms with van der Waals surface area (Å²) in [5, 5.41) is 5.73. The Morgan fingerprint density at radius 1 is 1.28 bits per heavy atom. The fourth-order valence-corrected chi connectivity index (χ4v) is 3.82. The Morgan fingerprint density at radius 2 is 2.00 bits per heavy atom. The van der Waals surface area contributed by atoms with Gasteiger partial charge in [0.2, 0.25) is 5.91 Å². The number of carbonyl (C=O) groups is 1. The Labute approximate surface area is 110 Å². The van der Waals surface area contributed by atoms with E-state index in [1.807, 2.05) is 6.92 Å². The minimum atomic E-state index is -2.98. The molecule has 0 aromatic rings. The van der Waals surface area contributed by atoms with Crippen molar-refractivity contribution in [2.24, 2.45) is 0 Å². The molecule has 1 rings (SSSR count). The Bertz CT molecular complexity index is 368. The van der Waals surface area contributed by atoms with Gasteiger partial charge >= 0.3 is 0 Å². The average Bonchev–Trinajstić information content (AvgIpc) is 2.74. The van der Waals surface area contributed by atoms with Gasteiger partial charge in [-0.2, -0.15) is 0 Å². The van der Waals surface area contributed by atoms with Gasteiger partial charge < -0.3 is 10.6 Å². The molecule has 6 heteroatoms. The van der Waals surface area contributed by atoms with Crippen LogP contribution < -0.4 is 10.6 Å². The fraction of sp³-hybridized carbons (Fsp3) is 0.917. The maximum Gasteiger partial charge on any atom is 0.221 e. The first kappa shape index (κ1) is 15.4. The van der Waals surface area contributed by atoms with Crippen LogP contribution in [-0.4, -0.2) is 45.0 Å². The zero-order chi connectivity index (χ0) is 13.6. The van der Waals surface area contributed by atoms with Crippen molar-refractivity contribution in [3.63, 3.8) is 0 Å². The van der Waals surface area contributed by atoms with E-state index in [2.05, 4.69) is 10.6 Å². The standard InChI is InChI=1S/C12H24N2O3S/c1-3-8-14-12(15)7-9-13-10-5-4-6-11(10)18(2,16)17/h10-11,13H,3-9H2,1-2H3,(H,14,15). The molecule has 2 atom stereocenters. The second-order valence-corrected chi connectivity index (χ2v) is 7.22. The highest BCUT2D eigenvalue weighted by Crippen LogP contribution is 2.24. The SMILES string of the molecule is CCCNC(=O)CCNC1CCCC1S(C)(=O)=O. The fourth-order valence-electron chi connectivity index (χ4n) is 2.40. The van der Waals surface area contributed by atoms with Crippen LogP contribution in [0.15, 0.2) is 0 Å². The summed E-state index contributed by atoms with van der Waals surface area (Å²) in [5.74, 6) is 0.0262. The second-order valence-electron chi connectivity index (χ2n) is 4.96. The lowest BCUT2D eigenvalue weighted by Crippen LogP contribution is -2.41. The number of carbonyl (C=O) groups excluding carboxylic acids is 1. The molecule has 0 spiro atoms. The van der Waals surface area contributed by atoms with Crippen molar-refractivity contribution in [2.75, 3.05) is 19.3 Å². The van der Waals surface area contributed by atoms with Crippen molar-refractivity contribution in [2.45, 2.75) is 50.3 Å². The molecule has 1 fully saturated rings.